The summed E-state index contributed by atoms with van der Waals surface area (Å²) in [4.78, 5) is 29.2. The van der Waals surface area contributed by atoms with E-state index in [0.717, 1.165) is 25.1 Å². The van der Waals surface area contributed by atoms with E-state index in [9.17, 15) is 14.7 Å². The van der Waals surface area contributed by atoms with Gasteiger partial charge in [-0.05, 0) is 52.5 Å². The van der Waals surface area contributed by atoms with Crippen LogP contribution in [0, 0.1) is 23.7 Å². The van der Waals surface area contributed by atoms with Gasteiger partial charge in [0.2, 0.25) is 0 Å². The third-order valence-corrected chi connectivity index (χ3v) is 5.21. The Morgan fingerprint density at radius 3 is 2.28 bits per heavy atom. The van der Waals surface area contributed by atoms with Gasteiger partial charge in [0.1, 0.15) is 5.60 Å². The highest BCUT2D eigenvalue weighted by Crippen LogP contribution is 2.41. The Labute approximate surface area is 174 Å². The molecule has 0 saturated heterocycles. The molecule has 0 unspecified atom stereocenters. The third kappa shape index (κ3) is 7.17. The van der Waals surface area contributed by atoms with Gasteiger partial charge in [0.15, 0.2) is 6.10 Å². The van der Waals surface area contributed by atoms with Crippen molar-refractivity contribution in [1.29, 1.82) is 0 Å². The van der Waals surface area contributed by atoms with Crippen molar-refractivity contribution in [3.63, 3.8) is 0 Å². The number of aliphatic carboxylic acids is 1. The molecule has 1 fully saturated rings. The molecule has 8 nitrogen and oxygen atoms in total. The molecule has 0 bridgehead atoms. The van der Waals surface area contributed by atoms with Crippen LogP contribution in [0.1, 0.15) is 67.7 Å². The number of carboxylic acids is 1. The number of alkyl carbamates (subject to hydrolysis) is 1. The summed E-state index contributed by atoms with van der Waals surface area (Å²) >= 11 is 0. The summed E-state index contributed by atoms with van der Waals surface area (Å²) in [5.41, 5.74) is 5.44. The van der Waals surface area contributed by atoms with E-state index in [4.69, 9.17) is 15.3 Å². The maximum absolute atomic E-state index is 12.1. The van der Waals surface area contributed by atoms with Crippen molar-refractivity contribution >= 4 is 17.8 Å². The molecule has 1 aliphatic heterocycles. The monoisotopic (exact) mass is 413 g/mol. The van der Waals surface area contributed by atoms with Gasteiger partial charge in [0, 0.05) is 12.0 Å². The van der Waals surface area contributed by atoms with E-state index in [0.29, 0.717) is 12.3 Å². The van der Waals surface area contributed by atoms with Crippen molar-refractivity contribution in [2.24, 2.45) is 34.6 Å². The Morgan fingerprint density at radius 1 is 1.31 bits per heavy atom. The zero-order valence-electron chi connectivity index (χ0n) is 18.9. The molecule has 4 N–H and O–H groups in total. The van der Waals surface area contributed by atoms with Crippen molar-refractivity contribution in [2.75, 3.05) is 6.54 Å². The number of nitrogens with zero attached hydrogens (tertiary/aromatic N) is 1. The summed E-state index contributed by atoms with van der Waals surface area (Å²) in [5.74, 6) is -0.904. The molecule has 0 aromatic heterocycles. The van der Waals surface area contributed by atoms with E-state index in [-0.39, 0.29) is 17.9 Å². The van der Waals surface area contributed by atoms with Crippen LogP contribution in [0.25, 0.3) is 0 Å². The highest BCUT2D eigenvalue weighted by Gasteiger charge is 2.55. The second-order valence-corrected chi connectivity index (χ2v) is 9.19. The summed E-state index contributed by atoms with van der Waals surface area (Å²) < 4.78 is 5.31. The summed E-state index contributed by atoms with van der Waals surface area (Å²) in [5, 5.41) is 16.5. The molecular weight excluding hydrogens is 374 g/mol. The van der Waals surface area contributed by atoms with E-state index in [1.54, 1.807) is 20.8 Å². The lowest BCUT2D eigenvalue weighted by molar-refractivity contribution is -0.145. The average Bonchev–Trinajstić information content (AvgIpc) is 3.17. The number of carbonyl (C=O) groups excluding carboxylic acids is 1. The van der Waals surface area contributed by atoms with Crippen molar-refractivity contribution in [1.82, 2.24) is 5.32 Å². The average molecular weight is 414 g/mol. The number of ether oxygens (including phenoxy) is 1. The van der Waals surface area contributed by atoms with Gasteiger partial charge in [-0.15, -0.1) is 0 Å². The maximum Gasteiger partial charge on any atom is 0.407 e. The number of amides is 1. The molecule has 2 aliphatic rings. The zero-order chi connectivity index (χ0) is 22.4. The Kier molecular flexibility index (Phi) is 9.39. The fraction of sp³-hybridized carbons (Fsp3) is 0.857. The van der Waals surface area contributed by atoms with Gasteiger partial charge in [0.25, 0.3) is 0 Å². The van der Waals surface area contributed by atoms with Crippen LogP contribution in [-0.4, -0.2) is 47.2 Å². The van der Waals surface area contributed by atoms with Gasteiger partial charge in [-0.1, -0.05) is 32.9 Å². The van der Waals surface area contributed by atoms with Gasteiger partial charge >= 0.3 is 12.1 Å². The number of fused-ring (bicyclic) bond motifs is 1. The van der Waals surface area contributed by atoms with E-state index in [2.05, 4.69) is 38.2 Å². The summed E-state index contributed by atoms with van der Waals surface area (Å²) in [7, 11) is 0. The first-order valence-electron chi connectivity index (χ1n) is 10.6. The molecular formula is C21H39N3O5. The fourth-order valence-electron chi connectivity index (χ4n) is 3.63. The topological polar surface area (TPSA) is 123 Å². The number of carbonyl (C=O) groups is 2. The Balaban J connectivity index is 0.000000749. The lowest BCUT2D eigenvalue weighted by Gasteiger charge is -2.25. The minimum Gasteiger partial charge on any atom is -0.481 e. The zero-order valence-corrected chi connectivity index (χ0v) is 18.9. The first kappa shape index (κ1) is 25.2. The van der Waals surface area contributed by atoms with Crippen LogP contribution in [0.5, 0.6) is 0 Å². The number of rotatable bonds is 6. The highest BCUT2D eigenvalue weighted by molar-refractivity contribution is 5.92. The van der Waals surface area contributed by atoms with Gasteiger partial charge < -0.3 is 25.7 Å². The summed E-state index contributed by atoms with van der Waals surface area (Å²) in [6.45, 7) is 14.5. The smallest absolute Gasteiger partial charge is 0.407 e. The van der Waals surface area contributed by atoms with Crippen molar-refractivity contribution < 1.29 is 24.3 Å². The van der Waals surface area contributed by atoms with Crippen molar-refractivity contribution in [2.45, 2.75) is 85.5 Å². The van der Waals surface area contributed by atoms with Crippen molar-refractivity contribution in [3.8, 4) is 0 Å². The van der Waals surface area contributed by atoms with Crippen LogP contribution in [-0.2, 0) is 14.4 Å². The molecule has 0 aromatic carbocycles. The van der Waals surface area contributed by atoms with Crippen LogP contribution in [0.15, 0.2) is 5.16 Å². The molecule has 1 amide bonds. The van der Waals surface area contributed by atoms with E-state index in [1.807, 2.05) is 0 Å². The minimum absolute atomic E-state index is 0.205. The minimum atomic E-state index is -0.917. The SMILES string of the molecule is CC(C)CN.CCC(CC)C1=NO[C@H]2[C@@H]1[C@H](NC(=O)OC(C)(C)C)C[C@@H]2C(=O)O. The second kappa shape index (κ2) is 10.8. The molecule has 29 heavy (non-hydrogen) atoms. The largest absolute Gasteiger partial charge is 0.481 e. The molecule has 0 radical (unpaired) electrons. The quantitative estimate of drug-likeness (QED) is 0.613. The van der Waals surface area contributed by atoms with E-state index >= 15 is 0 Å². The first-order valence-corrected chi connectivity index (χ1v) is 10.6. The highest BCUT2D eigenvalue weighted by atomic mass is 16.6. The van der Waals surface area contributed by atoms with Gasteiger partial charge in [-0.2, -0.15) is 0 Å². The summed E-state index contributed by atoms with van der Waals surface area (Å²) in [6, 6.07) is -0.340. The molecule has 2 rings (SSSR count). The second-order valence-electron chi connectivity index (χ2n) is 9.19. The lowest BCUT2D eigenvalue weighted by Crippen LogP contribution is -2.45. The number of hydrogen-bond acceptors (Lipinski definition) is 6. The standard InChI is InChI=1S/C17H28N2O5.C4H11N/c1-6-9(7-2)13-12-11(18-16(22)23-17(3,4)5)8-10(15(20)21)14(12)24-19-13;1-4(2)3-5/h9-12,14H,6-8H2,1-5H3,(H,18,22)(H,20,21);4H,3,5H2,1-2H3/t10-,11+,12+,14+;/m0./s1. The molecule has 168 valence electrons. The molecule has 0 spiro atoms. The molecule has 1 heterocycles. The normalized spacial score (nSPS) is 25.7. The number of carboxylic acid groups (broad SMARTS) is 1. The Hall–Kier alpha value is -1.83. The molecule has 1 aliphatic carbocycles. The van der Waals surface area contributed by atoms with E-state index < -0.39 is 29.7 Å². The lowest BCUT2D eigenvalue weighted by atomic mass is 9.84. The van der Waals surface area contributed by atoms with Gasteiger partial charge in [0.05, 0.1) is 17.5 Å². The molecule has 8 heteroatoms. The van der Waals surface area contributed by atoms with Crippen molar-refractivity contribution in [3.05, 3.63) is 0 Å². The maximum atomic E-state index is 12.1. The number of hydrogen-bond donors (Lipinski definition) is 3. The number of nitrogens with two attached hydrogens (primary N) is 1. The van der Waals surface area contributed by atoms with Crippen LogP contribution in [0.3, 0.4) is 0 Å². The van der Waals surface area contributed by atoms with Crippen LogP contribution in [0.2, 0.25) is 0 Å². The molecule has 0 aromatic rings. The first-order chi connectivity index (χ1) is 13.4. The van der Waals surface area contributed by atoms with Crippen LogP contribution in [0.4, 0.5) is 4.79 Å². The van der Waals surface area contributed by atoms with Crippen LogP contribution >= 0.6 is 0 Å². The molecule has 4 atom stereocenters. The summed E-state index contributed by atoms with van der Waals surface area (Å²) in [6.07, 6.45) is 1.08. The Bertz CT molecular complexity index is 581. The van der Waals surface area contributed by atoms with Gasteiger partial charge in [-0.3, -0.25) is 4.79 Å². The van der Waals surface area contributed by atoms with Gasteiger partial charge in [-0.25, -0.2) is 4.79 Å². The molecule has 1 saturated carbocycles. The predicted molar refractivity (Wildman–Crippen MR) is 113 cm³/mol. The third-order valence-electron chi connectivity index (χ3n) is 5.21. The number of nitrogens with one attached hydrogen (secondary N) is 1. The van der Waals surface area contributed by atoms with Crippen LogP contribution < -0.4 is 11.1 Å². The predicted octanol–water partition coefficient (Wildman–Crippen LogP) is 3.39. The fourth-order valence-corrected chi connectivity index (χ4v) is 3.63. The van der Waals surface area contributed by atoms with E-state index in [1.165, 1.54) is 0 Å². The Morgan fingerprint density at radius 2 is 1.86 bits per heavy atom. The number of oxime groups is 1.